The van der Waals surface area contributed by atoms with Crippen LogP contribution in [0, 0.1) is 13.8 Å². The molecule has 1 N–H and O–H groups in total. The molecule has 3 heterocycles. The summed E-state index contributed by atoms with van der Waals surface area (Å²) in [5.41, 5.74) is 2.08. The van der Waals surface area contributed by atoms with E-state index in [9.17, 15) is 4.79 Å². The van der Waals surface area contributed by atoms with Crippen LogP contribution < -0.4 is 10.1 Å². The molecule has 1 atom stereocenters. The lowest BCUT2D eigenvalue weighted by Crippen LogP contribution is -2.18. The number of thiazole rings is 1. The third kappa shape index (κ3) is 4.10. The normalized spacial score (nSPS) is 16.3. The zero-order chi connectivity index (χ0) is 19.5. The number of rotatable bonds is 6. The predicted octanol–water partition coefficient (Wildman–Crippen LogP) is 4.83. The minimum atomic E-state index is -0.266. The Labute approximate surface area is 167 Å². The Morgan fingerprint density at radius 3 is 3.00 bits per heavy atom. The molecule has 1 fully saturated rings. The van der Waals surface area contributed by atoms with Crippen molar-refractivity contribution in [3.8, 4) is 16.5 Å². The van der Waals surface area contributed by atoms with E-state index in [0.29, 0.717) is 34.5 Å². The highest BCUT2D eigenvalue weighted by Gasteiger charge is 2.20. The number of ether oxygens (including phenoxy) is 2. The summed E-state index contributed by atoms with van der Waals surface area (Å²) in [5.74, 6) is 1.03. The van der Waals surface area contributed by atoms with Gasteiger partial charge in [0, 0.05) is 11.5 Å². The van der Waals surface area contributed by atoms with Gasteiger partial charge in [0.1, 0.15) is 18.1 Å². The van der Waals surface area contributed by atoms with E-state index in [1.54, 1.807) is 12.3 Å². The fourth-order valence-corrected chi connectivity index (χ4v) is 3.98. The van der Waals surface area contributed by atoms with Gasteiger partial charge < -0.3 is 19.2 Å². The van der Waals surface area contributed by atoms with Crippen LogP contribution in [0.3, 0.4) is 0 Å². The Bertz CT molecular complexity index is 959. The summed E-state index contributed by atoms with van der Waals surface area (Å²) in [5, 5.41) is 3.62. The van der Waals surface area contributed by atoms with Gasteiger partial charge in [0.2, 0.25) is 0 Å². The molecule has 1 saturated heterocycles. The third-order valence-electron chi connectivity index (χ3n) is 4.58. The fraction of sp³-hybridized carbons (Fsp3) is 0.333. The van der Waals surface area contributed by atoms with Gasteiger partial charge in [0.05, 0.1) is 18.1 Å². The zero-order valence-electron chi connectivity index (χ0n) is 15.9. The topological polar surface area (TPSA) is 73.6 Å². The lowest BCUT2D eigenvalue weighted by atomic mass is 10.2. The number of carbonyl (C=O) groups is 1. The van der Waals surface area contributed by atoms with Crippen LogP contribution in [0.4, 0.5) is 5.69 Å². The van der Waals surface area contributed by atoms with Crippen LogP contribution in [0.5, 0.6) is 5.75 Å². The van der Waals surface area contributed by atoms with Gasteiger partial charge in [-0.25, -0.2) is 4.98 Å². The summed E-state index contributed by atoms with van der Waals surface area (Å²) in [6, 6.07) is 9.35. The summed E-state index contributed by atoms with van der Waals surface area (Å²) in [4.78, 5) is 18.1. The molecule has 6 nitrogen and oxygen atoms in total. The molecule has 1 amide bonds. The molecule has 146 valence electrons. The second-order valence-electron chi connectivity index (χ2n) is 6.80. The van der Waals surface area contributed by atoms with Gasteiger partial charge in [-0.05, 0) is 56.5 Å². The first-order valence-electron chi connectivity index (χ1n) is 9.28. The quantitative estimate of drug-likeness (QED) is 0.644. The number of hydrogen-bond acceptors (Lipinski definition) is 6. The van der Waals surface area contributed by atoms with Gasteiger partial charge in [0.25, 0.3) is 5.91 Å². The van der Waals surface area contributed by atoms with Crippen LogP contribution in [0.15, 0.2) is 41.0 Å². The largest absolute Gasteiger partial charge is 0.489 e. The van der Waals surface area contributed by atoms with Crippen LogP contribution in [0.1, 0.15) is 33.8 Å². The number of amides is 1. The predicted molar refractivity (Wildman–Crippen MR) is 108 cm³/mol. The van der Waals surface area contributed by atoms with Crippen LogP contribution in [-0.2, 0) is 4.74 Å². The highest BCUT2D eigenvalue weighted by Crippen LogP contribution is 2.30. The lowest BCUT2D eigenvalue weighted by Gasteiger charge is -2.15. The molecule has 1 aliphatic heterocycles. The minimum absolute atomic E-state index is 0.112. The molecule has 28 heavy (non-hydrogen) atoms. The Kier molecular flexibility index (Phi) is 5.45. The van der Waals surface area contributed by atoms with Crippen LogP contribution >= 0.6 is 11.3 Å². The van der Waals surface area contributed by atoms with E-state index in [2.05, 4.69) is 10.3 Å². The van der Waals surface area contributed by atoms with Gasteiger partial charge >= 0.3 is 0 Å². The highest BCUT2D eigenvalue weighted by atomic mass is 32.1. The summed E-state index contributed by atoms with van der Waals surface area (Å²) < 4.78 is 17.0. The second-order valence-corrected chi connectivity index (χ2v) is 8.00. The van der Waals surface area contributed by atoms with Crippen LogP contribution in [-0.4, -0.2) is 30.2 Å². The molecular weight excluding hydrogens is 376 g/mol. The van der Waals surface area contributed by atoms with Crippen molar-refractivity contribution in [1.82, 2.24) is 4.98 Å². The number of hydrogen-bond donors (Lipinski definition) is 1. The molecule has 0 bridgehead atoms. The maximum absolute atomic E-state index is 12.8. The third-order valence-corrected chi connectivity index (χ3v) is 5.56. The van der Waals surface area contributed by atoms with Gasteiger partial charge in [-0.3, -0.25) is 4.79 Å². The highest BCUT2D eigenvalue weighted by molar-refractivity contribution is 7.15. The smallest absolute Gasteiger partial charge is 0.275 e. The maximum Gasteiger partial charge on any atom is 0.275 e. The van der Waals surface area contributed by atoms with Crippen molar-refractivity contribution in [2.24, 2.45) is 0 Å². The van der Waals surface area contributed by atoms with Crippen molar-refractivity contribution in [2.45, 2.75) is 32.8 Å². The van der Waals surface area contributed by atoms with Crippen molar-refractivity contribution in [3.05, 3.63) is 52.7 Å². The average molecular weight is 398 g/mol. The van der Waals surface area contributed by atoms with Crippen molar-refractivity contribution < 1.29 is 18.7 Å². The monoisotopic (exact) mass is 398 g/mol. The molecule has 0 saturated carbocycles. The van der Waals surface area contributed by atoms with Gasteiger partial charge in [0.15, 0.2) is 10.8 Å². The molecular formula is C21H22N2O4S. The van der Waals surface area contributed by atoms with E-state index < -0.39 is 0 Å². The number of furan rings is 1. The van der Waals surface area contributed by atoms with E-state index in [1.165, 1.54) is 11.3 Å². The SMILES string of the molecule is Cc1ccc(NC(=O)c2nc(-c3ccco3)sc2C)c(OCC2CCCO2)c1. The molecule has 0 aliphatic carbocycles. The Morgan fingerprint density at radius 2 is 2.25 bits per heavy atom. The van der Waals surface area contributed by atoms with Crippen LogP contribution in [0.25, 0.3) is 10.8 Å². The summed E-state index contributed by atoms with van der Waals surface area (Å²) in [7, 11) is 0. The van der Waals surface area contributed by atoms with E-state index >= 15 is 0 Å². The fourth-order valence-electron chi connectivity index (χ4n) is 3.10. The molecule has 4 rings (SSSR count). The minimum Gasteiger partial charge on any atom is -0.489 e. The van der Waals surface area contributed by atoms with Crippen molar-refractivity contribution in [3.63, 3.8) is 0 Å². The van der Waals surface area contributed by atoms with Gasteiger partial charge in [-0.1, -0.05) is 6.07 Å². The van der Waals surface area contributed by atoms with Crippen molar-refractivity contribution >= 4 is 22.9 Å². The molecule has 7 heteroatoms. The Hall–Kier alpha value is -2.64. The number of anilines is 1. The Morgan fingerprint density at radius 1 is 1.36 bits per heavy atom. The number of nitrogens with zero attached hydrogens (tertiary/aromatic N) is 1. The maximum atomic E-state index is 12.8. The standard InChI is InChI=1S/C21H22N2O4S/c1-13-7-8-16(18(11-13)27-12-15-5-3-9-25-15)22-20(24)19-14(2)28-21(23-19)17-6-4-10-26-17/h4,6-8,10-11,15H,3,5,9,12H2,1-2H3,(H,22,24). The summed E-state index contributed by atoms with van der Waals surface area (Å²) in [6.45, 7) is 5.13. The average Bonchev–Trinajstić information content (AvgIpc) is 3.43. The van der Waals surface area contributed by atoms with Gasteiger partial charge in [-0.15, -0.1) is 11.3 Å². The van der Waals surface area contributed by atoms with Crippen molar-refractivity contribution in [1.29, 1.82) is 0 Å². The molecule has 0 spiro atoms. The number of nitrogens with one attached hydrogen (secondary N) is 1. The number of benzene rings is 1. The number of aromatic nitrogens is 1. The summed E-state index contributed by atoms with van der Waals surface area (Å²) in [6.07, 6.45) is 3.77. The second kappa shape index (κ2) is 8.16. The number of carbonyl (C=O) groups excluding carboxylic acids is 1. The first kappa shape index (κ1) is 18.7. The Balaban J connectivity index is 1.51. The van der Waals surface area contributed by atoms with Crippen LogP contribution in [0.2, 0.25) is 0 Å². The molecule has 1 aromatic carbocycles. The van der Waals surface area contributed by atoms with E-state index in [-0.39, 0.29) is 12.0 Å². The first-order chi connectivity index (χ1) is 13.6. The molecule has 1 unspecified atom stereocenters. The van der Waals surface area contributed by atoms with E-state index in [0.717, 1.165) is 29.9 Å². The molecule has 3 aromatic rings. The summed E-state index contributed by atoms with van der Waals surface area (Å²) >= 11 is 1.43. The van der Waals surface area contributed by atoms with E-state index in [1.807, 2.05) is 38.1 Å². The molecule has 2 aromatic heterocycles. The first-order valence-corrected chi connectivity index (χ1v) is 10.1. The van der Waals surface area contributed by atoms with E-state index in [4.69, 9.17) is 13.9 Å². The molecule has 0 radical (unpaired) electrons. The van der Waals surface area contributed by atoms with Gasteiger partial charge in [-0.2, -0.15) is 0 Å². The number of aryl methyl sites for hydroxylation is 2. The lowest BCUT2D eigenvalue weighted by molar-refractivity contribution is 0.0681. The zero-order valence-corrected chi connectivity index (χ0v) is 16.7. The molecule has 1 aliphatic rings. The van der Waals surface area contributed by atoms with Crippen molar-refractivity contribution in [2.75, 3.05) is 18.5 Å².